The van der Waals surface area contributed by atoms with Crippen LogP contribution in [0.2, 0.25) is 0 Å². The molecule has 1 unspecified atom stereocenters. The molecule has 1 aliphatic rings. The van der Waals surface area contributed by atoms with E-state index in [0.29, 0.717) is 0 Å². The van der Waals surface area contributed by atoms with Crippen molar-refractivity contribution in [1.29, 1.82) is 0 Å². The Morgan fingerprint density at radius 3 is 2.74 bits per heavy atom. The minimum Gasteiger partial charge on any atom is -0.391 e. The van der Waals surface area contributed by atoms with Gasteiger partial charge in [-0.3, -0.25) is 4.79 Å². The fraction of sp³-hybridized carbons (Fsp3) is 0.667. The van der Waals surface area contributed by atoms with Crippen LogP contribution in [0.25, 0.3) is 0 Å². The van der Waals surface area contributed by atoms with Gasteiger partial charge in [0.25, 0.3) is 5.91 Å². The van der Waals surface area contributed by atoms with Crippen molar-refractivity contribution >= 4 is 17.2 Å². The van der Waals surface area contributed by atoms with E-state index >= 15 is 0 Å². The Labute approximate surface area is 119 Å². The number of fused-ring (bicyclic) bond motifs is 1. The maximum absolute atomic E-state index is 12.3. The van der Waals surface area contributed by atoms with Crippen LogP contribution in [0.5, 0.6) is 0 Å². The van der Waals surface area contributed by atoms with E-state index in [4.69, 9.17) is 0 Å². The van der Waals surface area contributed by atoms with Crippen molar-refractivity contribution in [3.8, 4) is 0 Å². The summed E-state index contributed by atoms with van der Waals surface area (Å²) in [7, 11) is 0. The first kappa shape index (κ1) is 14.5. The number of rotatable bonds is 3. The van der Waals surface area contributed by atoms with Crippen LogP contribution in [0, 0.1) is 0 Å². The molecular weight excluding hydrogens is 258 g/mol. The molecule has 3 nitrogen and oxygen atoms in total. The number of thiophene rings is 1. The Kier molecular flexibility index (Phi) is 4.31. The van der Waals surface area contributed by atoms with Crippen LogP contribution < -0.4 is 5.32 Å². The summed E-state index contributed by atoms with van der Waals surface area (Å²) in [5.41, 5.74) is 0.751. The third kappa shape index (κ3) is 3.37. The van der Waals surface area contributed by atoms with E-state index < -0.39 is 11.6 Å². The van der Waals surface area contributed by atoms with Crippen LogP contribution >= 0.6 is 11.3 Å². The number of carbonyl (C=O) groups excluding carboxylic acids is 1. The maximum atomic E-state index is 12.3. The van der Waals surface area contributed by atoms with Crippen LogP contribution in [0.15, 0.2) is 6.07 Å². The lowest BCUT2D eigenvalue weighted by Crippen LogP contribution is -2.50. The lowest BCUT2D eigenvalue weighted by Gasteiger charge is -2.29. The molecule has 1 amide bonds. The molecule has 0 spiro atoms. The molecule has 106 valence electrons. The largest absolute Gasteiger partial charge is 0.391 e. The van der Waals surface area contributed by atoms with Gasteiger partial charge in [0.2, 0.25) is 0 Å². The van der Waals surface area contributed by atoms with Gasteiger partial charge in [0, 0.05) is 4.88 Å². The minimum atomic E-state index is -0.599. The zero-order valence-electron chi connectivity index (χ0n) is 12.0. The molecular formula is C15H23NO2S. The average molecular weight is 281 g/mol. The normalized spacial score (nSPS) is 17.5. The Bertz CT molecular complexity index is 439. The second-order valence-electron chi connectivity index (χ2n) is 5.97. The predicted molar refractivity (Wildman–Crippen MR) is 78.8 cm³/mol. The van der Waals surface area contributed by atoms with Gasteiger partial charge in [-0.15, -0.1) is 11.3 Å². The van der Waals surface area contributed by atoms with Crippen molar-refractivity contribution in [3.63, 3.8) is 0 Å². The topological polar surface area (TPSA) is 49.3 Å². The molecule has 0 saturated carbocycles. The molecule has 1 heterocycles. The van der Waals surface area contributed by atoms with E-state index in [9.17, 15) is 9.90 Å². The standard InChI is InChI=1S/C15H23NO2S/c1-10(17)15(2,3)16-14(18)13-9-11-7-5-4-6-8-12(11)19-13/h9-10,17H,4-8H2,1-3H3,(H,16,18). The van der Waals surface area contributed by atoms with Crippen LogP contribution in [0.3, 0.4) is 0 Å². The molecule has 2 N–H and O–H groups in total. The summed E-state index contributed by atoms with van der Waals surface area (Å²) in [6, 6.07) is 2.04. The fourth-order valence-electron chi connectivity index (χ4n) is 2.24. The highest BCUT2D eigenvalue weighted by Crippen LogP contribution is 2.29. The summed E-state index contributed by atoms with van der Waals surface area (Å²) >= 11 is 1.62. The van der Waals surface area contributed by atoms with Gasteiger partial charge in [0.15, 0.2) is 0 Å². The molecule has 4 heteroatoms. The van der Waals surface area contributed by atoms with Gasteiger partial charge in [-0.25, -0.2) is 0 Å². The molecule has 0 fully saturated rings. The van der Waals surface area contributed by atoms with Crippen LogP contribution in [-0.4, -0.2) is 22.7 Å². The van der Waals surface area contributed by atoms with E-state index in [1.807, 2.05) is 19.9 Å². The summed E-state index contributed by atoms with van der Waals surface area (Å²) in [6.45, 7) is 5.38. The summed E-state index contributed by atoms with van der Waals surface area (Å²) in [4.78, 5) is 14.4. The van der Waals surface area contributed by atoms with Crippen LogP contribution in [0.1, 0.15) is 60.1 Å². The Morgan fingerprint density at radius 2 is 2.05 bits per heavy atom. The van der Waals surface area contributed by atoms with Gasteiger partial charge >= 0.3 is 0 Å². The number of aliphatic hydroxyl groups is 1. The first-order chi connectivity index (χ1) is 8.90. The van der Waals surface area contributed by atoms with Gasteiger partial charge in [-0.2, -0.15) is 0 Å². The quantitative estimate of drug-likeness (QED) is 0.837. The molecule has 0 radical (unpaired) electrons. The van der Waals surface area contributed by atoms with Crippen molar-refractivity contribution in [2.45, 2.75) is 64.5 Å². The molecule has 1 aromatic rings. The van der Waals surface area contributed by atoms with Crippen molar-refractivity contribution in [3.05, 3.63) is 21.4 Å². The molecule has 1 atom stereocenters. The van der Waals surface area contributed by atoms with Crippen molar-refractivity contribution in [1.82, 2.24) is 5.32 Å². The lowest BCUT2D eigenvalue weighted by molar-refractivity contribution is 0.0712. The van der Waals surface area contributed by atoms with E-state index in [1.165, 1.54) is 29.7 Å². The van der Waals surface area contributed by atoms with Crippen LogP contribution in [-0.2, 0) is 12.8 Å². The highest BCUT2D eigenvalue weighted by atomic mass is 32.1. The van der Waals surface area contributed by atoms with Crippen molar-refractivity contribution < 1.29 is 9.90 Å². The lowest BCUT2D eigenvalue weighted by atomic mass is 9.99. The van der Waals surface area contributed by atoms with Crippen molar-refractivity contribution in [2.75, 3.05) is 0 Å². The zero-order valence-corrected chi connectivity index (χ0v) is 12.8. The summed E-state index contributed by atoms with van der Waals surface area (Å²) in [5, 5.41) is 12.6. The SMILES string of the molecule is CC(O)C(C)(C)NC(=O)c1cc2c(s1)CCCCC2. The minimum absolute atomic E-state index is 0.0658. The van der Waals surface area contributed by atoms with Gasteiger partial charge in [0.1, 0.15) is 0 Å². The van der Waals surface area contributed by atoms with Gasteiger partial charge in [0.05, 0.1) is 16.5 Å². The molecule has 0 bridgehead atoms. The Morgan fingerprint density at radius 1 is 1.37 bits per heavy atom. The monoisotopic (exact) mass is 281 g/mol. The zero-order chi connectivity index (χ0) is 14.0. The average Bonchev–Trinajstić information content (AvgIpc) is 2.60. The van der Waals surface area contributed by atoms with E-state index in [1.54, 1.807) is 18.3 Å². The number of aryl methyl sites for hydroxylation is 2. The molecule has 19 heavy (non-hydrogen) atoms. The number of carbonyl (C=O) groups is 1. The third-order valence-electron chi connectivity index (χ3n) is 3.95. The Hall–Kier alpha value is -0.870. The summed E-state index contributed by atoms with van der Waals surface area (Å²) < 4.78 is 0. The van der Waals surface area contributed by atoms with Gasteiger partial charge in [-0.1, -0.05) is 6.42 Å². The highest BCUT2D eigenvalue weighted by molar-refractivity contribution is 7.14. The molecule has 2 rings (SSSR count). The number of hydrogen-bond acceptors (Lipinski definition) is 3. The Balaban J connectivity index is 2.12. The highest BCUT2D eigenvalue weighted by Gasteiger charge is 2.27. The number of hydrogen-bond donors (Lipinski definition) is 2. The van der Waals surface area contributed by atoms with Gasteiger partial charge < -0.3 is 10.4 Å². The molecule has 1 aliphatic carbocycles. The number of nitrogens with one attached hydrogen (secondary N) is 1. The summed E-state index contributed by atoms with van der Waals surface area (Å²) in [5.74, 6) is -0.0658. The first-order valence-corrected chi connectivity index (χ1v) is 7.84. The maximum Gasteiger partial charge on any atom is 0.261 e. The first-order valence-electron chi connectivity index (χ1n) is 7.02. The van der Waals surface area contributed by atoms with Crippen LogP contribution in [0.4, 0.5) is 0 Å². The second kappa shape index (κ2) is 5.63. The van der Waals surface area contributed by atoms with E-state index in [-0.39, 0.29) is 5.91 Å². The molecule has 0 aromatic carbocycles. The number of aliphatic hydroxyl groups excluding tert-OH is 1. The van der Waals surface area contributed by atoms with E-state index in [0.717, 1.165) is 17.7 Å². The predicted octanol–water partition coefficient (Wildman–Crippen LogP) is 2.91. The number of amides is 1. The second-order valence-corrected chi connectivity index (χ2v) is 7.11. The van der Waals surface area contributed by atoms with Crippen molar-refractivity contribution in [2.24, 2.45) is 0 Å². The smallest absolute Gasteiger partial charge is 0.261 e. The fourth-order valence-corrected chi connectivity index (χ4v) is 3.39. The van der Waals surface area contributed by atoms with Gasteiger partial charge in [-0.05, 0) is 58.1 Å². The molecule has 1 aromatic heterocycles. The molecule has 0 aliphatic heterocycles. The summed E-state index contributed by atoms with van der Waals surface area (Å²) in [6.07, 6.45) is 5.37. The molecule has 0 saturated heterocycles. The van der Waals surface area contributed by atoms with E-state index in [2.05, 4.69) is 5.32 Å². The third-order valence-corrected chi connectivity index (χ3v) is 5.19.